The van der Waals surface area contributed by atoms with E-state index in [0.717, 1.165) is 5.56 Å². The lowest BCUT2D eigenvalue weighted by Crippen LogP contribution is -2.24. The van der Waals surface area contributed by atoms with Crippen molar-refractivity contribution in [2.24, 2.45) is 0 Å². The Labute approximate surface area is 156 Å². The standard InChI is InChI=1S/C20H18N4O3/c1-27-20(26)15-9-5-6-10-16(15)22-18-12-11-17(23-24-18)19(25)21-13-14-7-3-2-4-8-14/h2-12H,13H2,1H3,(H,21,25)(H,22,24). The van der Waals surface area contributed by atoms with Gasteiger partial charge < -0.3 is 15.4 Å². The number of benzene rings is 2. The molecular weight excluding hydrogens is 344 g/mol. The van der Waals surface area contributed by atoms with E-state index in [-0.39, 0.29) is 11.6 Å². The minimum Gasteiger partial charge on any atom is -0.465 e. The Morgan fingerprint density at radius 1 is 0.926 bits per heavy atom. The molecule has 27 heavy (non-hydrogen) atoms. The largest absolute Gasteiger partial charge is 0.465 e. The number of esters is 1. The smallest absolute Gasteiger partial charge is 0.339 e. The molecule has 0 aliphatic heterocycles. The van der Waals surface area contributed by atoms with Crippen molar-refractivity contribution in [2.75, 3.05) is 12.4 Å². The van der Waals surface area contributed by atoms with Gasteiger partial charge in [-0.15, -0.1) is 10.2 Å². The number of anilines is 2. The van der Waals surface area contributed by atoms with E-state index in [0.29, 0.717) is 23.6 Å². The van der Waals surface area contributed by atoms with Gasteiger partial charge in [0.25, 0.3) is 5.91 Å². The zero-order valence-electron chi connectivity index (χ0n) is 14.7. The van der Waals surface area contributed by atoms with E-state index in [1.54, 1.807) is 36.4 Å². The summed E-state index contributed by atoms with van der Waals surface area (Å²) in [6.45, 7) is 0.411. The molecule has 2 N–H and O–H groups in total. The molecule has 3 aromatic rings. The maximum atomic E-state index is 12.2. The molecule has 1 amide bonds. The molecule has 0 fully saturated rings. The van der Waals surface area contributed by atoms with Crippen LogP contribution < -0.4 is 10.6 Å². The van der Waals surface area contributed by atoms with Gasteiger partial charge in [-0.05, 0) is 29.8 Å². The second kappa shape index (κ2) is 8.57. The van der Waals surface area contributed by atoms with Gasteiger partial charge in [-0.3, -0.25) is 4.79 Å². The highest BCUT2D eigenvalue weighted by molar-refractivity contribution is 5.96. The number of nitrogens with one attached hydrogen (secondary N) is 2. The van der Waals surface area contributed by atoms with Crippen molar-refractivity contribution < 1.29 is 14.3 Å². The highest BCUT2D eigenvalue weighted by atomic mass is 16.5. The van der Waals surface area contributed by atoms with Gasteiger partial charge in [0.2, 0.25) is 0 Å². The lowest BCUT2D eigenvalue weighted by atomic mass is 10.2. The predicted octanol–water partition coefficient (Wildman–Crippen LogP) is 2.94. The Kier molecular flexibility index (Phi) is 5.73. The number of carbonyl (C=O) groups excluding carboxylic acids is 2. The molecule has 136 valence electrons. The van der Waals surface area contributed by atoms with Gasteiger partial charge in [0.15, 0.2) is 11.5 Å². The molecule has 0 saturated heterocycles. The maximum absolute atomic E-state index is 12.2. The molecule has 3 rings (SSSR count). The van der Waals surface area contributed by atoms with Gasteiger partial charge in [-0.1, -0.05) is 42.5 Å². The zero-order chi connectivity index (χ0) is 19.1. The first-order chi connectivity index (χ1) is 13.2. The number of amides is 1. The molecular formula is C20H18N4O3. The first-order valence-electron chi connectivity index (χ1n) is 8.27. The quantitative estimate of drug-likeness (QED) is 0.655. The SMILES string of the molecule is COC(=O)c1ccccc1Nc1ccc(C(=O)NCc2ccccc2)nn1. The third-order valence-electron chi connectivity index (χ3n) is 3.79. The van der Waals surface area contributed by atoms with Crippen LogP contribution in [0.4, 0.5) is 11.5 Å². The van der Waals surface area contributed by atoms with Crippen LogP contribution in [-0.2, 0) is 11.3 Å². The van der Waals surface area contributed by atoms with E-state index in [1.165, 1.54) is 7.11 Å². The second-order valence-corrected chi connectivity index (χ2v) is 5.63. The van der Waals surface area contributed by atoms with E-state index >= 15 is 0 Å². The van der Waals surface area contributed by atoms with Crippen molar-refractivity contribution in [3.8, 4) is 0 Å². The van der Waals surface area contributed by atoms with E-state index in [9.17, 15) is 9.59 Å². The number of methoxy groups -OCH3 is 1. The molecule has 0 bridgehead atoms. The van der Waals surface area contributed by atoms with E-state index in [4.69, 9.17) is 4.74 Å². The Balaban J connectivity index is 1.65. The van der Waals surface area contributed by atoms with Crippen LogP contribution in [0.25, 0.3) is 0 Å². The number of hydrogen-bond donors (Lipinski definition) is 2. The number of nitrogens with zero attached hydrogens (tertiary/aromatic N) is 2. The Morgan fingerprint density at radius 3 is 2.37 bits per heavy atom. The number of aromatic nitrogens is 2. The van der Waals surface area contributed by atoms with Gasteiger partial charge in [-0.2, -0.15) is 0 Å². The minimum absolute atomic E-state index is 0.206. The molecule has 0 atom stereocenters. The van der Waals surface area contributed by atoms with E-state index < -0.39 is 5.97 Å². The van der Waals surface area contributed by atoms with Crippen LogP contribution in [0.5, 0.6) is 0 Å². The van der Waals surface area contributed by atoms with Gasteiger partial charge >= 0.3 is 5.97 Å². The average molecular weight is 362 g/mol. The minimum atomic E-state index is -0.456. The molecule has 7 heteroatoms. The Hall–Kier alpha value is -3.74. The third-order valence-corrected chi connectivity index (χ3v) is 3.79. The summed E-state index contributed by atoms with van der Waals surface area (Å²) in [5.74, 6) is -0.359. The fourth-order valence-electron chi connectivity index (χ4n) is 2.41. The van der Waals surface area contributed by atoms with Crippen molar-refractivity contribution in [1.82, 2.24) is 15.5 Å². The summed E-state index contributed by atoms with van der Waals surface area (Å²) in [6.07, 6.45) is 0. The Bertz CT molecular complexity index is 927. The first-order valence-corrected chi connectivity index (χ1v) is 8.27. The Morgan fingerprint density at radius 2 is 1.67 bits per heavy atom. The number of hydrogen-bond acceptors (Lipinski definition) is 6. The highest BCUT2D eigenvalue weighted by Crippen LogP contribution is 2.20. The van der Waals surface area contributed by atoms with Crippen LogP contribution in [-0.4, -0.2) is 29.2 Å². The number of carbonyl (C=O) groups is 2. The van der Waals surface area contributed by atoms with Crippen LogP contribution in [0.1, 0.15) is 26.4 Å². The highest BCUT2D eigenvalue weighted by Gasteiger charge is 2.12. The maximum Gasteiger partial charge on any atom is 0.339 e. The molecule has 0 unspecified atom stereocenters. The van der Waals surface area contributed by atoms with Crippen molar-refractivity contribution in [3.05, 3.63) is 83.6 Å². The van der Waals surface area contributed by atoms with E-state index in [2.05, 4.69) is 20.8 Å². The summed E-state index contributed by atoms with van der Waals surface area (Å²) in [5.41, 5.74) is 2.13. The fourth-order valence-corrected chi connectivity index (χ4v) is 2.41. The summed E-state index contributed by atoms with van der Waals surface area (Å²) >= 11 is 0. The molecule has 0 saturated carbocycles. The zero-order valence-corrected chi connectivity index (χ0v) is 14.7. The topological polar surface area (TPSA) is 93.2 Å². The van der Waals surface area contributed by atoms with Crippen molar-refractivity contribution in [2.45, 2.75) is 6.54 Å². The van der Waals surface area contributed by atoms with Gasteiger partial charge in [0, 0.05) is 6.54 Å². The molecule has 0 spiro atoms. The van der Waals surface area contributed by atoms with Crippen LogP contribution in [0.15, 0.2) is 66.7 Å². The first kappa shape index (κ1) is 18.1. The molecule has 1 aromatic heterocycles. The van der Waals surface area contributed by atoms with Crippen LogP contribution in [0.3, 0.4) is 0 Å². The number of ether oxygens (including phenoxy) is 1. The van der Waals surface area contributed by atoms with Gasteiger partial charge in [-0.25, -0.2) is 4.79 Å². The normalized spacial score (nSPS) is 10.1. The van der Waals surface area contributed by atoms with Gasteiger partial charge in [0.1, 0.15) is 0 Å². The molecule has 0 aliphatic rings. The van der Waals surface area contributed by atoms with Crippen LogP contribution in [0.2, 0.25) is 0 Å². The summed E-state index contributed by atoms with van der Waals surface area (Å²) in [6, 6.07) is 19.7. The van der Waals surface area contributed by atoms with Gasteiger partial charge in [0.05, 0.1) is 18.4 Å². The fraction of sp³-hybridized carbons (Fsp3) is 0.100. The summed E-state index contributed by atoms with van der Waals surface area (Å²) in [4.78, 5) is 24.0. The molecule has 2 aromatic carbocycles. The average Bonchev–Trinajstić information content (AvgIpc) is 2.73. The monoisotopic (exact) mass is 362 g/mol. The summed E-state index contributed by atoms with van der Waals surface area (Å²) < 4.78 is 4.76. The predicted molar refractivity (Wildman–Crippen MR) is 101 cm³/mol. The molecule has 0 radical (unpaired) electrons. The number of rotatable bonds is 6. The summed E-state index contributed by atoms with van der Waals surface area (Å²) in [7, 11) is 1.32. The lowest BCUT2D eigenvalue weighted by Gasteiger charge is -2.10. The van der Waals surface area contributed by atoms with Crippen molar-refractivity contribution in [3.63, 3.8) is 0 Å². The molecule has 1 heterocycles. The van der Waals surface area contributed by atoms with Crippen molar-refractivity contribution in [1.29, 1.82) is 0 Å². The summed E-state index contributed by atoms with van der Waals surface area (Å²) in [5, 5.41) is 13.7. The van der Waals surface area contributed by atoms with Crippen LogP contribution >= 0.6 is 0 Å². The third kappa shape index (κ3) is 4.66. The van der Waals surface area contributed by atoms with E-state index in [1.807, 2.05) is 30.3 Å². The van der Waals surface area contributed by atoms with Crippen molar-refractivity contribution >= 4 is 23.4 Å². The lowest BCUT2D eigenvalue weighted by molar-refractivity contribution is 0.0601. The number of para-hydroxylation sites is 1. The molecule has 0 aliphatic carbocycles. The molecule has 7 nitrogen and oxygen atoms in total. The van der Waals surface area contributed by atoms with Crippen LogP contribution in [0, 0.1) is 0 Å². The second-order valence-electron chi connectivity index (χ2n) is 5.63.